The van der Waals surface area contributed by atoms with Crippen molar-refractivity contribution in [3.05, 3.63) is 65.2 Å². The molecule has 0 aliphatic heterocycles. The van der Waals surface area contributed by atoms with Gasteiger partial charge in [-0.1, -0.05) is 30.3 Å². The molecule has 2 nitrogen and oxygen atoms in total. The van der Waals surface area contributed by atoms with Crippen LogP contribution in [0.15, 0.2) is 53.4 Å². The van der Waals surface area contributed by atoms with Crippen LogP contribution in [-0.2, 0) is 11.9 Å². The van der Waals surface area contributed by atoms with Crippen molar-refractivity contribution >= 4 is 40.8 Å². The van der Waals surface area contributed by atoms with E-state index in [0.29, 0.717) is 16.7 Å². The molecule has 0 saturated carbocycles. The molecule has 0 aliphatic carbocycles. The summed E-state index contributed by atoms with van der Waals surface area (Å²) in [6.45, 7) is 0. The first-order valence-corrected chi connectivity index (χ1v) is 6.98. The number of carboxylic acid groups (broad SMARTS) is 1. The van der Waals surface area contributed by atoms with E-state index in [9.17, 15) is 18.0 Å². The van der Waals surface area contributed by atoms with E-state index in [1.165, 1.54) is 17.8 Å². The van der Waals surface area contributed by atoms with Crippen LogP contribution in [0, 0.1) is 0 Å². The smallest absolute Gasteiger partial charge is 1.00 e. The number of carboxylic acids is 1. The molecule has 0 bridgehead atoms. The van der Waals surface area contributed by atoms with E-state index >= 15 is 0 Å². The number of aromatic carboxylic acids is 1. The SMILES string of the molecule is O=C(O)c1cc(C(F)(F)F)ccc1SCc1ccccc1.[H-].[H-].[Mg+2]. The summed E-state index contributed by atoms with van der Waals surface area (Å²) in [6, 6.07) is 12.1. The third kappa shape index (κ3) is 4.93. The van der Waals surface area contributed by atoms with Gasteiger partial charge < -0.3 is 7.96 Å². The Morgan fingerprint density at radius 3 is 2.32 bits per heavy atom. The minimum absolute atomic E-state index is 0. The number of hydrogen-bond donors (Lipinski definition) is 1. The number of carbonyl (C=O) groups is 1. The molecule has 0 saturated heterocycles. The van der Waals surface area contributed by atoms with Gasteiger partial charge in [0.15, 0.2) is 0 Å². The van der Waals surface area contributed by atoms with E-state index in [-0.39, 0.29) is 31.5 Å². The van der Waals surface area contributed by atoms with Crippen molar-refractivity contribution in [2.45, 2.75) is 16.8 Å². The molecule has 0 atom stereocenters. The maximum absolute atomic E-state index is 12.6. The standard InChI is InChI=1S/C15H11F3O2S.Mg.2H/c16-15(17,18)11-6-7-13(12(8-11)14(19)20)21-9-10-4-2-1-3-5-10;;;/h1-8H,9H2,(H,19,20);;;/q;+2;2*-1. The third-order valence-corrected chi connectivity index (χ3v) is 3.92. The summed E-state index contributed by atoms with van der Waals surface area (Å²) < 4.78 is 37.8. The molecule has 1 N–H and O–H groups in total. The van der Waals surface area contributed by atoms with Crippen molar-refractivity contribution in [3.8, 4) is 0 Å². The number of hydrogen-bond acceptors (Lipinski definition) is 2. The summed E-state index contributed by atoms with van der Waals surface area (Å²) in [7, 11) is 0. The van der Waals surface area contributed by atoms with Gasteiger partial charge in [0, 0.05) is 10.6 Å². The molecule has 0 unspecified atom stereocenters. The first-order valence-electron chi connectivity index (χ1n) is 5.99. The Morgan fingerprint density at radius 1 is 1.14 bits per heavy atom. The van der Waals surface area contributed by atoms with Crippen LogP contribution >= 0.6 is 11.8 Å². The first-order chi connectivity index (χ1) is 9.88. The normalized spacial score (nSPS) is 10.9. The zero-order chi connectivity index (χ0) is 15.5. The van der Waals surface area contributed by atoms with Crippen molar-refractivity contribution in [1.82, 2.24) is 0 Å². The molecule has 0 spiro atoms. The van der Waals surface area contributed by atoms with Gasteiger partial charge in [0.1, 0.15) is 0 Å². The summed E-state index contributed by atoms with van der Waals surface area (Å²) in [6.07, 6.45) is -4.55. The molecule has 0 aromatic heterocycles. The van der Waals surface area contributed by atoms with Gasteiger partial charge in [-0.05, 0) is 23.8 Å². The second-order valence-corrected chi connectivity index (χ2v) is 5.31. The summed E-state index contributed by atoms with van der Waals surface area (Å²) >= 11 is 1.20. The van der Waals surface area contributed by atoms with E-state index in [0.717, 1.165) is 11.6 Å². The second kappa shape index (κ2) is 7.89. The number of benzene rings is 2. The van der Waals surface area contributed by atoms with Crippen LogP contribution in [-0.4, -0.2) is 34.1 Å². The number of thioether (sulfide) groups is 1. The van der Waals surface area contributed by atoms with Gasteiger partial charge in [0.05, 0.1) is 11.1 Å². The van der Waals surface area contributed by atoms with Gasteiger partial charge in [-0.3, -0.25) is 0 Å². The predicted molar refractivity (Wildman–Crippen MR) is 82.4 cm³/mol. The van der Waals surface area contributed by atoms with E-state index in [2.05, 4.69) is 0 Å². The molecule has 2 aromatic rings. The Balaban J connectivity index is 0. The van der Waals surface area contributed by atoms with E-state index in [1.807, 2.05) is 30.3 Å². The van der Waals surface area contributed by atoms with Crippen molar-refractivity contribution in [1.29, 1.82) is 0 Å². The Kier molecular flexibility index (Phi) is 6.77. The van der Waals surface area contributed by atoms with Crippen molar-refractivity contribution in [2.24, 2.45) is 0 Å². The van der Waals surface area contributed by atoms with Crippen molar-refractivity contribution in [2.75, 3.05) is 0 Å². The maximum atomic E-state index is 12.6. The van der Waals surface area contributed by atoms with Crippen LogP contribution in [0.1, 0.15) is 24.3 Å². The van der Waals surface area contributed by atoms with Crippen molar-refractivity contribution < 1.29 is 25.9 Å². The fraction of sp³-hybridized carbons (Fsp3) is 0.133. The molecule has 0 heterocycles. The zero-order valence-electron chi connectivity index (χ0n) is 13.4. The van der Waals surface area contributed by atoms with Crippen LogP contribution in [0.4, 0.5) is 13.2 Å². The van der Waals surface area contributed by atoms with Crippen LogP contribution in [0.5, 0.6) is 0 Å². The number of rotatable bonds is 4. The molecular formula is C15H13F3MgO2S. The van der Waals surface area contributed by atoms with Gasteiger partial charge in [0.25, 0.3) is 0 Å². The Bertz CT molecular complexity index is 655. The number of halogens is 3. The van der Waals surface area contributed by atoms with Gasteiger partial charge in [-0.2, -0.15) is 13.2 Å². The van der Waals surface area contributed by atoms with Crippen LogP contribution in [0.3, 0.4) is 0 Å². The molecule has 2 rings (SSSR count). The molecule has 2 aromatic carbocycles. The quantitative estimate of drug-likeness (QED) is 0.657. The second-order valence-electron chi connectivity index (χ2n) is 4.29. The molecule has 0 radical (unpaired) electrons. The van der Waals surface area contributed by atoms with Crippen LogP contribution in [0.25, 0.3) is 0 Å². The molecule has 0 amide bonds. The molecule has 114 valence electrons. The van der Waals surface area contributed by atoms with Crippen molar-refractivity contribution in [3.63, 3.8) is 0 Å². The third-order valence-electron chi connectivity index (χ3n) is 2.77. The first kappa shape index (κ1) is 18.9. The monoisotopic (exact) mass is 338 g/mol. The molecule has 7 heteroatoms. The Labute approximate surface area is 148 Å². The molecule has 0 fully saturated rings. The minimum Gasteiger partial charge on any atom is -1.00 e. The zero-order valence-corrected chi connectivity index (χ0v) is 13.7. The van der Waals surface area contributed by atoms with Gasteiger partial charge in [-0.15, -0.1) is 11.8 Å². The average molecular weight is 339 g/mol. The fourth-order valence-corrected chi connectivity index (χ4v) is 2.72. The Morgan fingerprint density at radius 2 is 1.77 bits per heavy atom. The molecular weight excluding hydrogens is 326 g/mol. The van der Waals surface area contributed by atoms with Gasteiger partial charge >= 0.3 is 35.2 Å². The predicted octanol–water partition coefficient (Wildman–Crippen LogP) is 4.54. The Hall–Kier alpha value is -1.18. The van der Waals surface area contributed by atoms with Crippen LogP contribution in [0.2, 0.25) is 0 Å². The maximum Gasteiger partial charge on any atom is 2.00 e. The largest absolute Gasteiger partial charge is 2.00 e. The average Bonchev–Trinajstić information content (AvgIpc) is 2.45. The number of alkyl halides is 3. The van der Waals surface area contributed by atoms with E-state index < -0.39 is 17.7 Å². The van der Waals surface area contributed by atoms with E-state index in [1.54, 1.807) is 0 Å². The molecule has 0 aliphatic rings. The summed E-state index contributed by atoms with van der Waals surface area (Å²) in [5.41, 5.74) is -0.312. The van der Waals surface area contributed by atoms with Gasteiger partial charge in [-0.25, -0.2) is 4.79 Å². The topological polar surface area (TPSA) is 37.3 Å². The summed E-state index contributed by atoms with van der Waals surface area (Å²) in [5.74, 6) is -0.872. The molecule has 22 heavy (non-hydrogen) atoms. The fourth-order valence-electron chi connectivity index (χ4n) is 1.73. The summed E-state index contributed by atoms with van der Waals surface area (Å²) in [4.78, 5) is 11.5. The van der Waals surface area contributed by atoms with E-state index in [4.69, 9.17) is 5.11 Å². The van der Waals surface area contributed by atoms with Gasteiger partial charge in [0.2, 0.25) is 0 Å². The summed E-state index contributed by atoms with van der Waals surface area (Å²) in [5, 5.41) is 9.07. The minimum atomic E-state index is -4.55. The van der Waals surface area contributed by atoms with Crippen LogP contribution < -0.4 is 0 Å².